The van der Waals surface area contributed by atoms with Crippen LogP contribution in [0.5, 0.6) is 11.5 Å². The molecule has 1 N–H and O–H groups in total. The van der Waals surface area contributed by atoms with Gasteiger partial charge in [0, 0.05) is 17.8 Å². The van der Waals surface area contributed by atoms with Crippen molar-refractivity contribution in [3.8, 4) is 11.5 Å². The summed E-state index contributed by atoms with van der Waals surface area (Å²) in [6, 6.07) is 10.3. The van der Waals surface area contributed by atoms with Gasteiger partial charge in [-0.2, -0.15) is 0 Å². The molecular formula is C17H15Cl2NO3. The Kier molecular flexibility index (Phi) is 5.90. The van der Waals surface area contributed by atoms with Crippen LogP contribution in [0.1, 0.15) is 5.56 Å². The number of rotatable bonds is 5. The Hall–Kier alpha value is -2.17. The van der Waals surface area contributed by atoms with Crippen molar-refractivity contribution in [3.63, 3.8) is 0 Å². The van der Waals surface area contributed by atoms with Crippen molar-refractivity contribution < 1.29 is 14.3 Å². The molecule has 1 amide bonds. The SMILES string of the molecule is COc1ccc(NC(=O)C=Cc2ccc(Cl)c(Cl)c2)cc1OC. The molecule has 0 aromatic heterocycles. The summed E-state index contributed by atoms with van der Waals surface area (Å²) in [6.07, 6.45) is 3.06. The van der Waals surface area contributed by atoms with Gasteiger partial charge in [-0.25, -0.2) is 0 Å². The summed E-state index contributed by atoms with van der Waals surface area (Å²) in [5.41, 5.74) is 1.38. The molecule has 23 heavy (non-hydrogen) atoms. The highest BCUT2D eigenvalue weighted by Crippen LogP contribution is 2.29. The molecule has 0 bridgehead atoms. The predicted molar refractivity (Wildman–Crippen MR) is 93.7 cm³/mol. The van der Waals surface area contributed by atoms with Gasteiger partial charge in [0.05, 0.1) is 24.3 Å². The summed E-state index contributed by atoms with van der Waals surface area (Å²) in [5, 5.41) is 3.65. The summed E-state index contributed by atoms with van der Waals surface area (Å²) in [4.78, 5) is 12.0. The highest BCUT2D eigenvalue weighted by atomic mass is 35.5. The molecule has 0 fully saturated rings. The van der Waals surface area contributed by atoms with Crippen molar-refractivity contribution in [2.24, 2.45) is 0 Å². The number of nitrogens with one attached hydrogen (secondary N) is 1. The molecule has 0 saturated heterocycles. The van der Waals surface area contributed by atoms with Gasteiger partial charge in [-0.3, -0.25) is 4.79 Å². The number of amides is 1. The second kappa shape index (κ2) is 7.90. The Morgan fingerprint density at radius 1 is 1.00 bits per heavy atom. The van der Waals surface area contributed by atoms with E-state index in [0.717, 1.165) is 5.56 Å². The van der Waals surface area contributed by atoms with E-state index < -0.39 is 0 Å². The van der Waals surface area contributed by atoms with E-state index in [2.05, 4.69) is 5.32 Å². The standard InChI is InChI=1S/C17H15Cl2NO3/c1-22-15-7-5-12(10-16(15)23-2)20-17(21)8-4-11-3-6-13(18)14(19)9-11/h3-10H,1-2H3,(H,20,21). The molecule has 0 aliphatic rings. The van der Waals surface area contributed by atoms with Crippen molar-refractivity contribution in [2.45, 2.75) is 0 Å². The van der Waals surface area contributed by atoms with Crippen LogP contribution in [0.4, 0.5) is 5.69 Å². The summed E-state index contributed by atoms with van der Waals surface area (Å²) in [6.45, 7) is 0. The fourth-order valence-corrected chi connectivity index (χ4v) is 2.19. The molecule has 4 nitrogen and oxygen atoms in total. The maximum Gasteiger partial charge on any atom is 0.248 e. The molecule has 2 aromatic rings. The molecule has 6 heteroatoms. The topological polar surface area (TPSA) is 47.6 Å². The number of anilines is 1. The van der Waals surface area contributed by atoms with E-state index in [1.807, 2.05) is 0 Å². The lowest BCUT2D eigenvalue weighted by atomic mass is 10.2. The van der Waals surface area contributed by atoms with Crippen molar-refractivity contribution in [1.82, 2.24) is 0 Å². The van der Waals surface area contributed by atoms with E-state index in [0.29, 0.717) is 27.2 Å². The van der Waals surface area contributed by atoms with Crippen LogP contribution in [0.25, 0.3) is 6.08 Å². The Bertz CT molecular complexity index is 745. The molecule has 0 spiro atoms. The number of methoxy groups -OCH3 is 2. The van der Waals surface area contributed by atoms with Crippen molar-refractivity contribution in [1.29, 1.82) is 0 Å². The van der Waals surface area contributed by atoms with Gasteiger partial charge in [0.2, 0.25) is 5.91 Å². The zero-order valence-electron chi connectivity index (χ0n) is 12.6. The summed E-state index contributed by atoms with van der Waals surface area (Å²) in [7, 11) is 3.09. The number of halogens is 2. The molecular weight excluding hydrogens is 337 g/mol. The third kappa shape index (κ3) is 4.65. The molecule has 0 aliphatic heterocycles. The molecule has 0 aliphatic carbocycles. The molecule has 0 saturated carbocycles. The largest absolute Gasteiger partial charge is 0.493 e. The third-order valence-electron chi connectivity index (χ3n) is 3.02. The molecule has 0 radical (unpaired) electrons. The first-order valence-corrected chi connectivity index (χ1v) is 7.45. The van der Waals surface area contributed by atoms with Gasteiger partial charge in [-0.05, 0) is 35.9 Å². The fourth-order valence-electron chi connectivity index (χ4n) is 1.89. The van der Waals surface area contributed by atoms with E-state index in [1.54, 1.807) is 49.6 Å². The van der Waals surface area contributed by atoms with Crippen LogP contribution in [0.2, 0.25) is 10.0 Å². The van der Waals surface area contributed by atoms with Gasteiger partial charge in [0.1, 0.15) is 0 Å². The van der Waals surface area contributed by atoms with E-state index in [1.165, 1.54) is 13.2 Å². The number of benzene rings is 2. The molecule has 0 atom stereocenters. The van der Waals surface area contributed by atoms with Crippen molar-refractivity contribution >= 4 is 40.9 Å². The Balaban J connectivity index is 2.07. The van der Waals surface area contributed by atoms with Gasteiger partial charge in [0.25, 0.3) is 0 Å². The van der Waals surface area contributed by atoms with Crippen molar-refractivity contribution in [3.05, 3.63) is 58.1 Å². The summed E-state index contributed by atoms with van der Waals surface area (Å²) in [5.74, 6) is 0.860. The minimum Gasteiger partial charge on any atom is -0.493 e. The zero-order valence-corrected chi connectivity index (χ0v) is 14.1. The zero-order chi connectivity index (χ0) is 16.8. The normalized spacial score (nSPS) is 10.6. The Labute approximate surface area is 144 Å². The maximum atomic E-state index is 12.0. The third-order valence-corrected chi connectivity index (χ3v) is 3.76. The second-order valence-corrected chi connectivity index (χ2v) is 5.38. The fraction of sp³-hybridized carbons (Fsp3) is 0.118. The van der Waals surface area contributed by atoms with Crippen LogP contribution < -0.4 is 14.8 Å². The lowest BCUT2D eigenvalue weighted by molar-refractivity contribution is -0.111. The average Bonchev–Trinajstić information content (AvgIpc) is 2.55. The number of ether oxygens (including phenoxy) is 2. The molecule has 2 rings (SSSR count). The molecule has 0 heterocycles. The van der Waals surface area contributed by atoms with Crippen LogP contribution in [0, 0.1) is 0 Å². The first-order valence-electron chi connectivity index (χ1n) is 6.69. The number of hydrogen-bond acceptors (Lipinski definition) is 3. The maximum absolute atomic E-state index is 12.0. The first kappa shape index (κ1) is 17.2. The second-order valence-electron chi connectivity index (χ2n) is 4.57. The van der Waals surface area contributed by atoms with Crippen LogP contribution in [-0.2, 0) is 4.79 Å². The quantitative estimate of drug-likeness (QED) is 0.796. The van der Waals surface area contributed by atoms with Crippen LogP contribution in [0.3, 0.4) is 0 Å². The lowest BCUT2D eigenvalue weighted by Crippen LogP contribution is -2.07. The lowest BCUT2D eigenvalue weighted by Gasteiger charge is -2.09. The highest BCUT2D eigenvalue weighted by Gasteiger charge is 2.06. The first-order chi connectivity index (χ1) is 11.0. The van der Waals surface area contributed by atoms with Gasteiger partial charge < -0.3 is 14.8 Å². The number of carbonyl (C=O) groups is 1. The Morgan fingerprint density at radius 2 is 1.74 bits per heavy atom. The van der Waals surface area contributed by atoms with E-state index in [-0.39, 0.29) is 5.91 Å². The van der Waals surface area contributed by atoms with Crippen LogP contribution in [-0.4, -0.2) is 20.1 Å². The Morgan fingerprint density at radius 3 is 2.39 bits per heavy atom. The molecule has 120 valence electrons. The van der Waals surface area contributed by atoms with Crippen LogP contribution in [0.15, 0.2) is 42.5 Å². The van der Waals surface area contributed by atoms with Gasteiger partial charge in [-0.1, -0.05) is 29.3 Å². The predicted octanol–water partition coefficient (Wildman–Crippen LogP) is 4.66. The minimum atomic E-state index is -0.275. The summed E-state index contributed by atoms with van der Waals surface area (Å²) >= 11 is 11.8. The van der Waals surface area contributed by atoms with E-state index >= 15 is 0 Å². The number of hydrogen-bond donors (Lipinski definition) is 1. The van der Waals surface area contributed by atoms with E-state index in [4.69, 9.17) is 32.7 Å². The number of carbonyl (C=O) groups excluding carboxylic acids is 1. The molecule has 0 unspecified atom stereocenters. The molecule has 2 aromatic carbocycles. The van der Waals surface area contributed by atoms with E-state index in [9.17, 15) is 4.79 Å². The summed E-state index contributed by atoms with van der Waals surface area (Å²) < 4.78 is 10.3. The van der Waals surface area contributed by atoms with Crippen molar-refractivity contribution in [2.75, 3.05) is 19.5 Å². The van der Waals surface area contributed by atoms with Gasteiger partial charge in [0.15, 0.2) is 11.5 Å². The monoisotopic (exact) mass is 351 g/mol. The smallest absolute Gasteiger partial charge is 0.248 e. The average molecular weight is 352 g/mol. The van der Waals surface area contributed by atoms with Crippen LogP contribution >= 0.6 is 23.2 Å². The minimum absolute atomic E-state index is 0.275. The van der Waals surface area contributed by atoms with Gasteiger partial charge >= 0.3 is 0 Å². The highest BCUT2D eigenvalue weighted by molar-refractivity contribution is 6.42. The van der Waals surface area contributed by atoms with Gasteiger partial charge in [-0.15, -0.1) is 0 Å².